The van der Waals surface area contributed by atoms with Crippen molar-refractivity contribution in [3.63, 3.8) is 0 Å². The first kappa shape index (κ1) is 32.4. The number of hydrogen-bond donors (Lipinski definition) is 0. The van der Waals surface area contributed by atoms with E-state index in [0.29, 0.717) is 5.82 Å². The molecule has 8 aromatic carbocycles. The van der Waals surface area contributed by atoms with E-state index in [2.05, 4.69) is 181 Å². The molecular weight excluding hydrogens is 667 g/mol. The van der Waals surface area contributed by atoms with Crippen molar-refractivity contribution in [2.75, 3.05) is 0 Å². The SMILES string of the molecule is Cc1ccc(-c2cccc(-c3cc(-c4ccc5c6ccccc6c6ccccc6c5c4)cc(-c4nc(-c5ccccc5)cc(-c5ccccc5)n4)c3)c2)cn1. The largest absolute Gasteiger partial charge is 0.261 e. The van der Waals surface area contributed by atoms with Gasteiger partial charge in [0.25, 0.3) is 0 Å². The molecule has 0 N–H and O–H groups in total. The summed E-state index contributed by atoms with van der Waals surface area (Å²) in [5, 5.41) is 7.54. The summed E-state index contributed by atoms with van der Waals surface area (Å²) in [6.07, 6.45) is 1.95. The number of pyridine rings is 1. The molecule has 0 spiro atoms. The minimum Gasteiger partial charge on any atom is -0.261 e. The molecule has 0 amide bonds. The lowest BCUT2D eigenvalue weighted by atomic mass is 9.90. The minimum absolute atomic E-state index is 0.680. The molecule has 0 aliphatic rings. The highest BCUT2D eigenvalue weighted by molar-refractivity contribution is 6.25. The van der Waals surface area contributed by atoms with Crippen LogP contribution in [0.1, 0.15) is 5.69 Å². The van der Waals surface area contributed by atoms with E-state index in [-0.39, 0.29) is 0 Å². The van der Waals surface area contributed by atoms with E-state index in [1.165, 1.54) is 32.3 Å². The lowest BCUT2D eigenvalue weighted by molar-refractivity contribution is 1.18. The fourth-order valence-electron chi connectivity index (χ4n) is 7.78. The van der Waals surface area contributed by atoms with Gasteiger partial charge in [0.1, 0.15) is 0 Å². The molecule has 3 nitrogen and oxygen atoms in total. The molecule has 0 atom stereocenters. The van der Waals surface area contributed by atoms with Gasteiger partial charge in [-0.3, -0.25) is 4.98 Å². The first-order valence-corrected chi connectivity index (χ1v) is 18.7. The number of aromatic nitrogens is 3. The second-order valence-corrected chi connectivity index (χ2v) is 14.1. The van der Waals surface area contributed by atoms with Gasteiger partial charge in [0, 0.05) is 34.1 Å². The predicted octanol–water partition coefficient (Wildman–Crippen LogP) is 13.6. The molecule has 3 heteroatoms. The summed E-state index contributed by atoms with van der Waals surface area (Å²) < 4.78 is 0. The second kappa shape index (κ2) is 13.6. The van der Waals surface area contributed by atoms with Crippen molar-refractivity contribution in [3.8, 4) is 67.3 Å². The Morgan fingerprint density at radius 2 is 0.727 bits per heavy atom. The minimum atomic E-state index is 0.680. The van der Waals surface area contributed by atoms with Crippen LogP contribution < -0.4 is 0 Å². The van der Waals surface area contributed by atoms with Crippen LogP contribution >= 0.6 is 0 Å². The molecule has 0 bridgehead atoms. The molecule has 55 heavy (non-hydrogen) atoms. The topological polar surface area (TPSA) is 38.7 Å². The highest BCUT2D eigenvalue weighted by Crippen LogP contribution is 2.40. The van der Waals surface area contributed by atoms with Crippen LogP contribution in [0.2, 0.25) is 0 Å². The quantitative estimate of drug-likeness (QED) is 0.162. The first-order chi connectivity index (χ1) is 27.1. The predicted molar refractivity (Wildman–Crippen MR) is 230 cm³/mol. The number of hydrogen-bond acceptors (Lipinski definition) is 3. The van der Waals surface area contributed by atoms with Gasteiger partial charge in [-0.2, -0.15) is 0 Å². The number of aryl methyl sites for hydroxylation is 1. The van der Waals surface area contributed by atoms with E-state index in [1.54, 1.807) is 0 Å². The third-order valence-corrected chi connectivity index (χ3v) is 10.6. The summed E-state index contributed by atoms with van der Waals surface area (Å²) in [6.45, 7) is 2.02. The maximum Gasteiger partial charge on any atom is 0.160 e. The average Bonchev–Trinajstić information content (AvgIpc) is 3.27. The lowest BCUT2D eigenvalue weighted by Gasteiger charge is -2.15. The van der Waals surface area contributed by atoms with Crippen LogP contribution in [-0.4, -0.2) is 15.0 Å². The second-order valence-electron chi connectivity index (χ2n) is 14.1. The molecule has 0 radical (unpaired) electrons. The van der Waals surface area contributed by atoms with Crippen LogP contribution in [0.4, 0.5) is 0 Å². The fraction of sp³-hybridized carbons (Fsp3) is 0.0192. The van der Waals surface area contributed by atoms with Crippen LogP contribution in [0.3, 0.4) is 0 Å². The van der Waals surface area contributed by atoms with Crippen molar-refractivity contribution >= 4 is 32.3 Å². The van der Waals surface area contributed by atoms with Gasteiger partial charge < -0.3 is 0 Å². The summed E-state index contributed by atoms with van der Waals surface area (Å²) in [6, 6.07) is 66.9. The Kier molecular flexibility index (Phi) is 8.04. The molecule has 10 rings (SSSR count). The Morgan fingerprint density at radius 3 is 1.29 bits per heavy atom. The van der Waals surface area contributed by atoms with E-state index in [0.717, 1.165) is 67.2 Å². The van der Waals surface area contributed by atoms with Gasteiger partial charge in [-0.25, -0.2) is 9.97 Å². The van der Waals surface area contributed by atoms with Crippen LogP contribution in [0, 0.1) is 6.92 Å². The lowest BCUT2D eigenvalue weighted by Crippen LogP contribution is -1.97. The third-order valence-electron chi connectivity index (χ3n) is 10.6. The van der Waals surface area contributed by atoms with Crippen LogP contribution in [0.5, 0.6) is 0 Å². The Hall–Kier alpha value is -7.23. The highest BCUT2D eigenvalue weighted by Gasteiger charge is 2.16. The molecule has 0 saturated carbocycles. The summed E-state index contributed by atoms with van der Waals surface area (Å²) in [7, 11) is 0. The maximum atomic E-state index is 5.25. The van der Waals surface area contributed by atoms with Crippen LogP contribution in [0.15, 0.2) is 194 Å². The molecule has 0 aliphatic heterocycles. The van der Waals surface area contributed by atoms with Gasteiger partial charge in [0.2, 0.25) is 0 Å². The summed E-state index contributed by atoms with van der Waals surface area (Å²) in [5.74, 6) is 0.680. The molecule has 0 aliphatic carbocycles. The molecule has 0 fully saturated rings. The van der Waals surface area contributed by atoms with Crippen LogP contribution in [-0.2, 0) is 0 Å². The van der Waals surface area contributed by atoms with Crippen molar-refractivity contribution in [2.45, 2.75) is 6.92 Å². The average molecular weight is 702 g/mol. The molecule has 0 unspecified atom stereocenters. The number of rotatable bonds is 6. The summed E-state index contributed by atoms with van der Waals surface area (Å²) in [5.41, 5.74) is 12.5. The van der Waals surface area contributed by atoms with Crippen molar-refractivity contribution in [1.29, 1.82) is 0 Å². The molecule has 2 aromatic heterocycles. The first-order valence-electron chi connectivity index (χ1n) is 18.7. The standard InChI is InChI=1S/C52H35N3/c1-34-23-24-40(33-53-34)37-17-12-18-38(27-37)41-28-42(39-25-26-48-46-21-9-8-19-44(46)45-20-10-11-22-47(45)49(48)31-39)30-43(29-41)52-54-50(35-13-4-2-5-14-35)32-51(55-52)36-15-6-3-7-16-36/h2-33H,1H3. The van der Waals surface area contributed by atoms with E-state index < -0.39 is 0 Å². The van der Waals surface area contributed by atoms with Crippen LogP contribution in [0.25, 0.3) is 99.6 Å². The van der Waals surface area contributed by atoms with Gasteiger partial charge in [-0.05, 0) is 110 Å². The summed E-state index contributed by atoms with van der Waals surface area (Å²) >= 11 is 0. The Morgan fingerprint density at radius 1 is 0.291 bits per heavy atom. The maximum absolute atomic E-state index is 5.25. The van der Waals surface area contributed by atoms with Gasteiger partial charge in [0.05, 0.1) is 11.4 Å². The van der Waals surface area contributed by atoms with Crippen molar-refractivity contribution in [2.24, 2.45) is 0 Å². The highest BCUT2D eigenvalue weighted by atomic mass is 14.9. The van der Waals surface area contributed by atoms with Gasteiger partial charge in [0.15, 0.2) is 5.82 Å². The normalized spacial score (nSPS) is 11.4. The molecule has 0 saturated heterocycles. The third kappa shape index (κ3) is 6.12. The molecule has 258 valence electrons. The summed E-state index contributed by atoms with van der Waals surface area (Å²) in [4.78, 5) is 15.1. The Balaban J connectivity index is 1.21. The zero-order valence-electron chi connectivity index (χ0n) is 30.3. The number of fused-ring (bicyclic) bond motifs is 6. The van der Waals surface area contributed by atoms with E-state index >= 15 is 0 Å². The Labute approximate surface area is 320 Å². The number of nitrogens with zero attached hydrogens (tertiary/aromatic N) is 3. The van der Waals surface area contributed by atoms with E-state index in [4.69, 9.17) is 9.97 Å². The zero-order chi connectivity index (χ0) is 36.7. The van der Waals surface area contributed by atoms with E-state index in [1.807, 2.05) is 25.3 Å². The zero-order valence-corrected chi connectivity index (χ0v) is 30.3. The molecule has 10 aromatic rings. The van der Waals surface area contributed by atoms with Gasteiger partial charge in [-0.15, -0.1) is 0 Å². The van der Waals surface area contributed by atoms with Crippen molar-refractivity contribution in [3.05, 3.63) is 200 Å². The molecule has 2 heterocycles. The van der Waals surface area contributed by atoms with Gasteiger partial charge >= 0.3 is 0 Å². The smallest absolute Gasteiger partial charge is 0.160 e. The number of benzene rings is 8. The van der Waals surface area contributed by atoms with Crippen molar-refractivity contribution in [1.82, 2.24) is 15.0 Å². The molecular formula is C52H35N3. The Bertz CT molecular complexity index is 2930. The van der Waals surface area contributed by atoms with Gasteiger partial charge in [-0.1, -0.05) is 146 Å². The monoisotopic (exact) mass is 701 g/mol. The van der Waals surface area contributed by atoms with Crippen molar-refractivity contribution < 1.29 is 0 Å². The fourth-order valence-corrected chi connectivity index (χ4v) is 7.78. The van der Waals surface area contributed by atoms with E-state index in [9.17, 15) is 0 Å².